The largest absolute Gasteiger partial charge is 0.455 e. The third-order valence-corrected chi connectivity index (χ3v) is 9.31. The van der Waals surface area contributed by atoms with Crippen molar-refractivity contribution >= 4 is 49.4 Å². The van der Waals surface area contributed by atoms with E-state index in [0.29, 0.717) is 5.56 Å². The van der Waals surface area contributed by atoms with Gasteiger partial charge >= 0.3 is 0 Å². The van der Waals surface area contributed by atoms with Crippen LogP contribution in [0.2, 0.25) is 0 Å². The van der Waals surface area contributed by atoms with Gasteiger partial charge in [0.25, 0.3) is 0 Å². The summed E-state index contributed by atoms with van der Waals surface area (Å²) in [7, 11) is 0. The van der Waals surface area contributed by atoms with Crippen molar-refractivity contribution in [3.8, 4) is 22.9 Å². The summed E-state index contributed by atoms with van der Waals surface area (Å²) in [6.45, 7) is 0. The third kappa shape index (κ3) is 4.61. The lowest BCUT2D eigenvalue weighted by molar-refractivity contribution is 0.670. The highest BCUT2D eigenvalue weighted by atomic mass is 16.3. The smallest absolute Gasteiger partial charge is 0.143 e. The maximum atomic E-state index is 9.62. The van der Waals surface area contributed by atoms with Crippen molar-refractivity contribution in [2.45, 2.75) is 6.04 Å². The van der Waals surface area contributed by atoms with Crippen LogP contribution in [0.15, 0.2) is 168 Å². The zero-order chi connectivity index (χ0) is 32.0. The quantitative estimate of drug-likeness (QED) is 0.202. The normalized spacial score (nSPS) is 12.1. The molecular formula is C44H29N3O. The third-order valence-electron chi connectivity index (χ3n) is 9.31. The van der Waals surface area contributed by atoms with Crippen LogP contribution in [0.5, 0.6) is 0 Å². The molecule has 2 heterocycles. The molecule has 0 aliphatic heterocycles. The van der Waals surface area contributed by atoms with Gasteiger partial charge in [-0.2, -0.15) is 5.26 Å². The SMILES string of the molecule is N#Cc1cccc(C(Nc2ccccc2)c2ccc(-n3c4ccccc4c4ccc(-c5cccc6c5oc5ccccc56)cc43)cc2)c1. The number of rotatable bonds is 6. The van der Waals surface area contributed by atoms with Crippen molar-refractivity contribution in [3.05, 3.63) is 180 Å². The Balaban J connectivity index is 1.18. The van der Waals surface area contributed by atoms with Gasteiger partial charge in [-0.15, -0.1) is 0 Å². The van der Waals surface area contributed by atoms with E-state index in [9.17, 15) is 5.26 Å². The summed E-state index contributed by atoms with van der Waals surface area (Å²) >= 11 is 0. The van der Waals surface area contributed by atoms with Crippen molar-refractivity contribution in [1.29, 1.82) is 5.26 Å². The summed E-state index contributed by atoms with van der Waals surface area (Å²) in [5.41, 5.74) is 11.2. The minimum absolute atomic E-state index is 0.135. The molecule has 1 atom stereocenters. The first-order valence-corrected chi connectivity index (χ1v) is 16.1. The molecule has 0 saturated heterocycles. The van der Waals surface area contributed by atoms with E-state index in [0.717, 1.165) is 66.6 Å². The second-order valence-electron chi connectivity index (χ2n) is 12.1. The highest BCUT2D eigenvalue weighted by Crippen LogP contribution is 2.39. The van der Waals surface area contributed by atoms with Crippen LogP contribution in [0.3, 0.4) is 0 Å². The van der Waals surface area contributed by atoms with Gasteiger partial charge in [0.15, 0.2) is 0 Å². The van der Waals surface area contributed by atoms with Crippen molar-refractivity contribution in [2.75, 3.05) is 5.32 Å². The van der Waals surface area contributed by atoms with Gasteiger partial charge in [-0.05, 0) is 71.3 Å². The molecule has 0 saturated carbocycles. The van der Waals surface area contributed by atoms with Crippen LogP contribution >= 0.6 is 0 Å². The highest BCUT2D eigenvalue weighted by molar-refractivity contribution is 6.12. The number of aromatic nitrogens is 1. The van der Waals surface area contributed by atoms with Crippen LogP contribution in [0, 0.1) is 11.3 Å². The van der Waals surface area contributed by atoms with E-state index in [2.05, 4.69) is 131 Å². The maximum Gasteiger partial charge on any atom is 0.143 e. The number of nitrogens with one attached hydrogen (secondary N) is 1. The number of para-hydroxylation sites is 4. The summed E-state index contributed by atoms with van der Waals surface area (Å²) in [5.74, 6) is 0. The first-order valence-electron chi connectivity index (χ1n) is 16.1. The fourth-order valence-electron chi connectivity index (χ4n) is 7.05. The van der Waals surface area contributed by atoms with Crippen molar-refractivity contribution in [3.63, 3.8) is 0 Å². The molecule has 9 rings (SSSR count). The molecule has 0 radical (unpaired) electrons. The number of hydrogen-bond donors (Lipinski definition) is 1. The summed E-state index contributed by atoms with van der Waals surface area (Å²) in [4.78, 5) is 0. The van der Waals surface area contributed by atoms with Gasteiger partial charge in [0.05, 0.1) is 28.7 Å². The summed E-state index contributed by atoms with van der Waals surface area (Å²) in [6.07, 6.45) is 0. The van der Waals surface area contributed by atoms with Crippen LogP contribution in [0.1, 0.15) is 22.7 Å². The lowest BCUT2D eigenvalue weighted by Gasteiger charge is -2.22. The summed E-state index contributed by atoms with van der Waals surface area (Å²) in [6, 6.07) is 58.9. The van der Waals surface area contributed by atoms with Crippen LogP contribution in [-0.2, 0) is 0 Å². The van der Waals surface area contributed by atoms with E-state index >= 15 is 0 Å². The minimum atomic E-state index is -0.135. The van der Waals surface area contributed by atoms with Gasteiger partial charge in [0.2, 0.25) is 0 Å². The number of hydrogen-bond acceptors (Lipinski definition) is 3. The number of anilines is 1. The van der Waals surface area contributed by atoms with Gasteiger partial charge in [0, 0.05) is 38.5 Å². The lowest BCUT2D eigenvalue weighted by Crippen LogP contribution is -2.12. The van der Waals surface area contributed by atoms with E-state index in [-0.39, 0.29) is 6.04 Å². The Morgan fingerprint density at radius 3 is 2.15 bits per heavy atom. The lowest BCUT2D eigenvalue weighted by atomic mass is 9.96. The van der Waals surface area contributed by atoms with Gasteiger partial charge < -0.3 is 14.3 Å². The molecule has 7 aromatic carbocycles. The monoisotopic (exact) mass is 615 g/mol. The van der Waals surface area contributed by atoms with Crippen molar-refractivity contribution < 1.29 is 4.42 Å². The van der Waals surface area contributed by atoms with Crippen molar-refractivity contribution in [1.82, 2.24) is 4.57 Å². The second kappa shape index (κ2) is 11.3. The molecule has 2 aromatic heterocycles. The van der Waals surface area contributed by atoms with Crippen LogP contribution < -0.4 is 5.32 Å². The zero-order valence-corrected chi connectivity index (χ0v) is 26.0. The van der Waals surface area contributed by atoms with Crippen molar-refractivity contribution in [2.24, 2.45) is 0 Å². The van der Waals surface area contributed by atoms with Gasteiger partial charge in [-0.3, -0.25) is 0 Å². The minimum Gasteiger partial charge on any atom is -0.455 e. The molecule has 226 valence electrons. The Morgan fingerprint density at radius 2 is 1.29 bits per heavy atom. The molecular weight excluding hydrogens is 587 g/mol. The molecule has 0 aliphatic carbocycles. The Labute approximate surface area is 277 Å². The Hall–Kier alpha value is -6.57. The molecule has 1 unspecified atom stereocenters. The maximum absolute atomic E-state index is 9.62. The van der Waals surface area contributed by atoms with Gasteiger partial charge in [0.1, 0.15) is 11.2 Å². The Morgan fingerprint density at radius 1 is 0.562 bits per heavy atom. The zero-order valence-electron chi connectivity index (χ0n) is 26.0. The predicted molar refractivity (Wildman–Crippen MR) is 197 cm³/mol. The van der Waals surface area contributed by atoms with Gasteiger partial charge in [-0.1, -0.05) is 109 Å². The molecule has 0 bridgehead atoms. The molecule has 4 nitrogen and oxygen atoms in total. The fourth-order valence-corrected chi connectivity index (χ4v) is 7.05. The topological polar surface area (TPSA) is 53.9 Å². The molecule has 48 heavy (non-hydrogen) atoms. The second-order valence-corrected chi connectivity index (χ2v) is 12.1. The number of fused-ring (bicyclic) bond motifs is 6. The molecule has 0 aliphatic rings. The van der Waals surface area contributed by atoms with E-state index in [1.165, 1.54) is 10.8 Å². The van der Waals surface area contributed by atoms with Crippen LogP contribution in [0.25, 0.3) is 60.6 Å². The number of furan rings is 1. The van der Waals surface area contributed by atoms with Crippen LogP contribution in [-0.4, -0.2) is 4.57 Å². The Kier molecular flexibility index (Phi) is 6.55. The van der Waals surface area contributed by atoms with Gasteiger partial charge in [-0.25, -0.2) is 0 Å². The van der Waals surface area contributed by atoms with E-state index in [1.807, 2.05) is 48.5 Å². The Bertz CT molecular complexity index is 2660. The molecule has 9 aromatic rings. The first kappa shape index (κ1) is 27.7. The van der Waals surface area contributed by atoms with E-state index < -0.39 is 0 Å². The van der Waals surface area contributed by atoms with E-state index in [4.69, 9.17) is 4.42 Å². The molecule has 4 heteroatoms. The summed E-state index contributed by atoms with van der Waals surface area (Å²) in [5, 5.41) is 18.0. The average Bonchev–Trinajstić information content (AvgIpc) is 3.70. The molecule has 0 spiro atoms. The van der Waals surface area contributed by atoms with E-state index in [1.54, 1.807) is 0 Å². The van der Waals surface area contributed by atoms with Crippen LogP contribution in [0.4, 0.5) is 5.69 Å². The predicted octanol–water partition coefficient (Wildman–Crippen LogP) is 11.4. The molecule has 0 fully saturated rings. The molecule has 0 amide bonds. The number of nitriles is 1. The first-order chi connectivity index (χ1) is 23.7. The highest BCUT2D eigenvalue weighted by Gasteiger charge is 2.18. The number of benzene rings is 7. The molecule has 1 N–H and O–H groups in total. The fraction of sp³-hybridized carbons (Fsp3) is 0.0227. The average molecular weight is 616 g/mol. The summed E-state index contributed by atoms with van der Waals surface area (Å²) < 4.78 is 8.78. The standard InChI is InChI=1S/C44H29N3O/c45-28-29-10-8-11-32(26-29)43(46-33-12-2-1-3-13-33)30-20-23-34(24-21-30)47-40-18-6-4-14-36(40)37-25-22-31(27-41(37)47)35-16-9-17-39-38-15-5-7-19-42(38)48-44(35)39/h1-27,43,46H. The number of nitrogens with zero attached hydrogens (tertiary/aromatic N) is 2.